The third-order valence-corrected chi connectivity index (χ3v) is 5.06. The molecule has 0 aliphatic carbocycles. The van der Waals surface area contributed by atoms with Crippen molar-refractivity contribution in [1.82, 2.24) is 14.1 Å². The summed E-state index contributed by atoms with van der Waals surface area (Å²) in [7, 11) is -0.526. The van der Waals surface area contributed by atoms with Crippen molar-refractivity contribution in [2.45, 2.75) is 18.4 Å². The van der Waals surface area contributed by atoms with Crippen molar-refractivity contribution in [3.63, 3.8) is 0 Å². The summed E-state index contributed by atoms with van der Waals surface area (Å²) in [5.41, 5.74) is 1.12. The highest BCUT2D eigenvalue weighted by atomic mass is 32.2. The van der Waals surface area contributed by atoms with Gasteiger partial charge in [-0.25, -0.2) is 12.7 Å². The van der Waals surface area contributed by atoms with E-state index in [9.17, 15) is 13.2 Å². The standard InChI is InChI=1S/C14H18N4O3S/c1-11-9-12(5-6-13(11)22(20,21)17(2)3)16-14(19)10-18-8-4-7-15-18/h4-9H,10H2,1-3H3,(H,16,19). The molecular formula is C14H18N4O3S. The molecule has 7 nitrogen and oxygen atoms in total. The van der Waals surface area contributed by atoms with Crippen LogP contribution in [-0.4, -0.2) is 42.5 Å². The SMILES string of the molecule is Cc1cc(NC(=O)Cn2cccn2)ccc1S(=O)(=O)N(C)C. The fourth-order valence-corrected chi connectivity index (χ4v) is 3.05. The van der Waals surface area contributed by atoms with Crippen LogP contribution in [-0.2, 0) is 21.4 Å². The van der Waals surface area contributed by atoms with Crippen molar-refractivity contribution in [2.24, 2.45) is 0 Å². The fraction of sp³-hybridized carbons (Fsp3) is 0.286. The summed E-state index contributed by atoms with van der Waals surface area (Å²) in [6.45, 7) is 1.79. The minimum absolute atomic E-state index is 0.101. The van der Waals surface area contributed by atoms with Crippen LogP contribution in [0.2, 0.25) is 0 Å². The molecule has 0 bridgehead atoms. The lowest BCUT2D eigenvalue weighted by Gasteiger charge is -2.14. The third kappa shape index (κ3) is 3.52. The molecule has 0 aliphatic rings. The number of rotatable bonds is 5. The van der Waals surface area contributed by atoms with Gasteiger partial charge in [0.25, 0.3) is 0 Å². The molecule has 2 aromatic rings. The molecule has 0 aliphatic heterocycles. The van der Waals surface area contributed by atoms with E-state index in [1.54, 1.807) is 37.5 Å². The zero-order valence-corrected chi connectivity index (χ0v) is 13.5. The van der Waals surface area contributed by atoms with Crippen LogP contribution >= 0.6 is 0 Å². The average Bonchev–Trinajstić information content (AvgIpc) is 2.90. The Morgan fingerprint density at radius 3 is 2.64 bits per heavy atom. The van der Waals surface area contributed by atoms with Crippen molar-refractivity contribution in [3.05, 3.63) is 42.2 Å². The lowest BCUT2D eigenvalue weighted by Crippen LogP contribution is -2.23. The van der Waals surface area contributed by atoms with Gasteiger partial charge in [0, 0.05) is 32.2 Å². The number of aryl methyl sites for hydroxylation is 1. The highest BCUT2D eigenvalue weighted by Gasteiger charge is 2.19. The second kappa shape index (κ2) is 6.29. The summed E-state index contributed by atoms with van der Waals surface area (Å²) >= 11 is 0. The number of nitrogens with zero attached hydrogens (tertiary/aromatic N) is 3. The average molecular weight is 322 g/mol. The van der Waals surface area contributed by atoms with Crippen LogP contribution in [0.15, 0.2) is 41.6 Å². The molecule has 1 N–H and O–H groups in total. The lowest BCUT2D eigenvalue weighted by molar-refractivity contribution is -0.116. The Hall–Kier alpha value is -2.19. The van der Waals surface area contributed by atoms with E-state index in [4.69, 9.17) is 0 Å². The second-order valence-electron chi connectivity index (χ2n) is 5.02. The van der Waals surface area contributed by atoms with Crippen molar-refractivity contribution in [2.75, 3.05) is 19.4 Å². The molecule has 8 heteroatoms. The van der Waals surface area contributed by atoms with Crippen LogP contribution in [0.5, 0.6) is 0 Å². The second-order valence-corrected chi connectivity index (χ2v) is 7.14. The number of hydrogen-bond donors (Lipinski definition) is 1. The number of nitrogens with one attached hydrogen (secondary N) is 1. The number of anilines is 1. The molecule has 22 heavy (non-hydrogen) atoms. The Kier molecular flexibility index (Phi) is 4.62. The van der Waals surface area contributed by atoms with Crippen LogP contribution in [0.3, 0.4) is 0 Å². The Balaban J connectivity index is 2.14. The number of carbonyl (C=O) groups excluding carboxylic acids is 1. The maximum Gasteiger partial charge on any atom is 0.246 e. The largest absolute Gasteiger partial charge is 0.324 e. The zero-order valence-electron chi connectivity index (χ0n) is 12.6. The molecule has 0 spiro atoms. The summed E-state index contributed by atoms with van der Waals surface area (Å²) in [6.07, 6.45) is 3.29. The molecule has 0 saturated heterocycles. The van der Waals surface area contributed by atoms with Crippen molar-refractivity contribution in [3.8, 4) is 0 Å². The van der Waals surface area contributed by atoms with Crippen molar-refractivity contribution < 1.29 is 13.2 Å². The Bertz CT molecular complexity index is 767. The molecule has 1 aromatic carbocycles. The summed E-state index contributed by atoms with van der Waals surface area (Å²) in [6, 6.07) is 6.44. The molecule has 1 aromatic heterocycles. The summed E-state index contributed by atoms with van der Waals surface area (Å²) in [5.74, 6) is -0.230. The lowest BCUT2D eigenvalue weighted by atomic mass is 10.2. The first kappa shape index (κ1) is 16.2. The fourth-order valence-electron chi connectivity index (χ4n) is 1.95. The molecule has 0 atom stereocenters. The van der Waals surface area contributed by atoms with Crippen LogP contribution < -0.4 is 5.32 Å². The smallest absolute Gasteiger partial charge is 0.246 e. The maximum absolute atomic E-state index is 12.1. The van der Waals surface area contributed by atoms with Crippen LogP contribution in [0.4, 0.5) is 5.69 Å². The van der Waals surface area contributed by atoms with Crippen LogP contribution in [0, 0.1) is 6.92 Å². The first-order chi connectivity index (χ1) is 10.3. The predicted octanol–water partition coefficient (Wildman–Crippen LogP) is 1.08. The van der Waals surface area contributed by atoms with E-state index in [2.05, 4.69) is 10.4 Å². The maximum atomic E-state index is 12.1. The number of amides is 1. The minimum Gasteiger partial charge on any atom is -0.324 e. The van der Waals surface area contributed by atoms with E-state index in [0.717, 1.165) is 4.31 Å². The minimum atomic E-state index is -3.49. The van der Waals surface area contributed by atoms with E-state index in [1.165, 1.54) is 24.8 Å². The first-order valence-corrected chi connectivity index (χ1v) is 8.05. The summed E-state index contributed by atoms with van der Waals surface area (Å²) < 4.78 is 26.9. The Morgan fingerprint density at radius 2 is 2.09 bits per heavy atom. The predicted molar refractivity (Wildman–Crippen MR) is 82.9 cm³/mol. The molecule has 2 rings (SSSR count). The van der Waals surface area contributed by atoms with Gasteiger partial charge in [0.05, 0.1) is 4.90 Å². The normalized spacial score (nSPS) is 11.6. The van der Waals surface area contributed by atoms with E-state index < -0.39 is 10.0 Å². The van der Waals surface area contributed by atoms with Gasteiger partial charge >= 0.3 is 0 Å². The van der Waals surface area contributed by atoms with Gasteiger partial charge in [-0.3, -0.25) is 9.48 Å². The number of aromatic nitrogens is 2. The first-order valence-electron chi connectivity index (χ1n) is 6.61. The van der Waals surface area contributed by atoms with E-state index in [0.29, 0.717) is 11.3 Å². The Morgan fingerprint density at radius 1 is 1.36 bits per heavy atom. The highest BCUT2D eigenvalue weighted by Crippen LogP contribution is 2.21. The monoisotopic (exact) mass is 322 g/mol. The number of carbonyl (C=O) groups is 1. The molecule has 0 fully saturated rings. The van der Waals surface area contributed by atoms with Gasteiger partial charge < -0.3 is 5.32 Å². The zero-order chi connectivity index (χ0) is 16.3. The van der Waals surface area contributed by atoms with Gasteiger partial charge in [-0.05, 0) is 36.8 Å². The van der Waals surface area contributed by atoms with Crippen LogP contribution in [0.1, 0.15) is 5.56 Å². The molecule has 1 amide bonds. The van der Waals surface area contributed by atoms with E-state index >= 15 is 0 Å². The summed E-state index contributed by atoms with van der Waals surface area (Å²) in [4.78, 5) is 12.1. The number of sulfonamides is 1. The highest BCUT2D eigenvalue weighted by molar-refractivity contribution is 7.89. The third-order valence-electron chi connectivity index (χ3n) is 3.08. The Labute approximate surface area is 129 Å². The molecule has 1 heterocycles. The van der Waals surface area contributed by atoms with Gasteiger partial charge in [0.1, 0.15) is 6.54 Å². The van der Waals surface area contributed by atoms with Gasteiger partial charge in [0.15, 0.2) is 0 Å². The molecular weight excluding hydrogens is 304 g/mol. The van der Waals surface area contributed by atoms with E-state index in [1.807, 2.05) is 0 Å². The topological polar surface area (TPSA) is 84.3 Å². The van der Waals surface area contributed by atoms with Crippen molar-refractivity contribution in [1.29, 1.82) is 0 Å². The number of hydrogen-bond acceptors (Lipinski definition) is 4. The van der Waals surface area contributed by atoms with Gasteiger partial charge in [0.2, 0.25) is 15.9 Å². The molecule has 0 saturated carbocycles. The van der Waals surface area contributed by atoms with Crippen LogP contribution in [0.25, 0.3) is 0 Å². The molecule has 0 radical (unpaired) electrons. The van der Waals surface area contributed by atoms with Gasteiger partial charge in [-0.2, -0.15) is 5.10 Å². The van der Waals surface area contributed by atoms with E-state index in [-0.39, 0.29) is 17.3 Å². The van der Waals surface area contributed by atoms with Gasteiger partial charge in [-0.1, -0.05) is 0 Å². The molecule has 118 valence electrons. The van der Waals surface area contributed by atoms with Crippen molar-refractivity contribution >= 4 is 21.6 Å². The summed E-state index contributed by atoms with van der Waals surface area (Å²) in [5, 5.41) is 6.67. The molecule has 0 unspecified atom stereocenters. The van der Waals surface area contributed by atoms with Gasteiger partial charge in [-0.15, -0.1) is 0 Å². The number of benzene rings is 1. The quantitative estimate of drug-likeness (QED) is 0.893.